The van der Waals surface area contributed by atoms with Crippen molar-refractivity contribution in [2.24, 2.45) is 0 Å². The third-order valence-electron chi connectivity index (χ3n) is 6.15. The van der Waals surface area contributed by atoms with Crippen molar-refractivity contribution >= 4 is 23.4 Å². The van der Waals surface area contributed by atoms with E-state index in [1.54, 1.807) is 24.3 Å². The Balaban J connectivity index is 1.76. The molecule has 1 fully saturated rings. The second-order valence-electron chi connectivity index (χ2n) is 8.54. The van der Waals surface area contributed by atoms with Crippen LogP contribution < -0.4 is 16.0 Å². The third kappa shape index (κ3) is 5.95. The summed E-state index contributed by atoms with van der Waals surface area (Å²) in [5.41, 5.74) is 1.90. The van der Waals surface area contributed by atoms with Crippen molar-refractivity contribution in [3.63, 3.8) is 0 Å². The van der Waals surface area contributed by atoms with E-state index in [1.807, 2.05) is 18.2 Å². The molecule has 7 heteroatoms. The van der Waals surface area contributed by atoms with Crippen LogP contribution in [0, 0.1) is 0 Å². The first-order chi connectivity index (χ1) is 15.3. The van der Waals surface area contributed by atoms with E-state index in [2.05, 4.69) is 28.1 Å². The smallest absolute Gasteiger partial charge is 0.251 e. The number of carbonyl (C=O) groups excluding carboxylic acids is 3. The summed E-state index contributed by atoms with van der Waals surface area (Å²) in [5.74, 6) is -0.518. The Morgan fingerprint density at radius 1 is 0.938 bits per heavy atom. The highest BCUT2D eigenvalue weighted by Gasteiger charge is 2.38. The Morgan fingerprint density at radius 3 is 2.22 bits per heavy atom. The van der Waals surface area contributed by atoms with Gasteiger partial charge in [-0.3, -0.25) is 14.4 Å². The summed E-state index contributed by atoms with van der Waals surface area (Å²) < 4.78 is 0. The van der Waals surface area contributed by atoms with Gasteiger partial charge in [0.2, 0.25) is 11.8 Å². The van der Waals surface area contributed by atoms with Gasteiger partial charge in [0.05, 0.1) is 12.1 Å². The maximum Gasteiger partial charge on any atom is 0.251 e. The summed E-state index contributed by atoms with van der Waals surface area (Å²) in [6.07, 6.45) is 1.94. The van der Waals surface area contributed by atoms with Crippen LogP contribution in [0.5, 0.6) is 0 Å². The van der Waals surface area contributed by atoms with Crippen molar-refractivity contribution in [2.45, 2.75) is 57.1 Å². The Labute approximate surface area is 188 Å². The van der Waals surface area contributed by atoms with Crippen molar-refractivity contribution in [3.05, 3.63) is 65.7 Å². The average molecular weight is 438 g/mol. The molecule has 0 unspecified atom stereocenters. The first-order valence-corrected chi connectivity index (χ1v) is 11.0. The molecule has 1 saturated carbocycles. The van der Waals surface area contributed by atoms with Crippen LogP contribution in [0.25, 0.3) is 0 Å². The first kappa shape index (κ1) is 23.5. The molecule has 2 aromatic carbocycles. The van der Waals surface area contributed by atoms with Gasteiger partial charge in [-0.15, -0.1) is 0 Å². The number of aliphatic hydroxyl groups is 1. The summed E-state index contributed by atoms with van der Waals surface area (Å²) in [6, 6.07) is 16.5. The summed E-state index contributed by atoms with van der Waals surface area (Å²) in [4.78, 5) is 35.6. The van der Waals surface area contributed by atoms with E-state index in [4.69, 9.17) is 0 Å². The number of hydrogen-bond acceptors (Lipinski definition) is 4. The van der Waals surface area contributed by atoms with Crippen LogP contribution in [0.2, 0.25) is 0 Å². The normalized spacial score (nSPS) is 23.0. The maximum absolute atomic E-state index is 12.8. The molecule has 0 saturated heterocycles. The molecule has 1 aliphatic rings. The summed E-state index contributed by atoms with van der Waals surface area (Å²) >= 11 is 0. The first-order valence-electron chi connectivity index (χ1n) is 11.0. The minimum atomic E-state index is -0.624. The molecule has 0 spiro atoms. The predicted octanol–water partition coefficient (Wildman–Crippen LogP) is 2.75. The molecule has 170 valence electrons. The van der Waals surface area contributed by atoms with Gasteiger partial charge in [-0.25, -0.2) is 0 Å². The number of aliphatic hydroxyl groups excluding tert-OH is 1. The lowest BCUT2D eigenvalue weighted by Crippen LogP contribution is -2.42. The molecule has 0 bridgehead atoms. The molecule has 0 radical (unpaired) electrons. The number of hydrogen-bond donors (Lipinski definition) is 4. The fraction of sp³-hybridized carbons (Fsp3) is 0.400. The van der Waals surface area contributed by atoms with Crippen molar-refractivity contribution < 1.29 is 19.5 Å². The largest absolute Gasteiger partial charge is 0.391 e. The van der Waals surface area contributed by atoms with E-state index in [0.29, 0.717) is 37.1 Å². The third-order valence-corrected chi connectivity index (χ3v) is 6.15. The van der Waals surface area contributed by atoms with Gasteiger partial charge in [0.1, 0.15) is 0 Å². The summed E-state index contributed by atoms with van der Waals surface area (Å²) in [6.45, 7) is 3.31. The lowest BCUT2D eigenvalue weighted by atomic mass is 9.74. The summed E-state index contributed by atoms with van der Waals surface area (Å²) in [7, 11) is 0. The minimum absolute atomic E-state index is 0.155. The predicted molar refractivity (Wildman–Crippen MR) is 123 cm³/mol. The molecular formula is C25H31N3O4. The number of anilines is 1. The quantitative estimate of drug-likeness (QED) is 0.521. The van der Waals surface area contributed by atoms with Crippen LogP contribution in [0.15, 0.2) is 54.6 Å². The van der Waals surface area contributed by atoms with E-state index >= 15 is 0 Å². The highest BCUT2D eigenvalue weighted by atomic mass is 16.3. The van der Waals surface area contributed by atoms with Crippen LogP contribution >= 0.6 is 0 Å². The number of carbonyl (C=O) groups is 3. The van der Waals surface area contributed by atoms with Gasteiger partial charge < -0.3 is 21.1 Å². The number of amides is 3. The average Bonchev–Trinajstić information content (AvgIpc) is 2.92. The highest BCUT2D eigenvalue weighted by Crippen LogP contribution is 2.38. The van der Waals surface area contributed by atoms with Gasteiger partial charge >= 0.3 is 0 Å². The maximum atomic E-state index is 12.8. The van der Waals surface area contributed by atoms with E-state index < -0.39 is 6.10 Å². The zero-order valence-electron chi connectivity index (χ0n) is 18.6. The van der Waals surface area contributed by atoms with E-state index in [1.165, 1.54) is 13.8 Å². The van der Waals surface area contributed by atoms with Gasteiger partial charge in [0.25, 0.3) is 5.91 Å². The molecule has 3 amide bonds. The monoisotopic (exact) mass is 437 g/mol. The van der Waals surface area contributed by atoms with E-state index in [9.17, 15) is 19.5 Å². The van der Waals surface area contributed by atoms with Crippen molar-refractivity contribution in [1.82, 2.24) is 10.6 Å². The minimum Gasteiger partial charge on any atom is -0.391 e. The van der Waals surface area contributed by atoms with Gasteiger partial charge in [-0.1, -0.05) is 30.3 Å². The highest BCUT2D eigenvalue weighted by molar-refractivity contribution is 5.95. The molecule has 0 heterocycles. The van der Waals surface area contributed by atoms with Crippen molar-refractivity contribution in [3.8, 4) is 0 Å². The fourth-order valence-corrected chi connectivity index (χ4v) is 4.42. The molecule has 4 N–H and O–H groups in total. The molecule has 7 nitrogen and oxygen atoms in total. The zero-order chi connectivity index (χ0) is 23.1. The van der Waals surface area contributed by atoms with Gasteiger partial charge in [-0.05, 0) is 55.5 Å². The second-order valence-corrected chi connectivity index (χ2v) is 8.54. The van der Waals surface area contributed by atoms with Crippen LogP contribution in [0.3, 0.4) is 0 Å². The molecule has 0 aliphatic heterocycles. The zero-order valence-corrected chi connectivity index (χ0v) is 18.6. The van der Waals surface area contributed by atoms with Crippen molar-refractivity contribution in [1.29, 1.82) is 0 Å². The van der Waals surface area contributed by atoms with Crippen LogP contribution in [0.1, 0.15) is 55.5 Å². The van der Waals surface area contributed by atoms with Crippen LogP contribution in [0.4, 0.5) is 5.69 Å². The lowest BCUT2D eigenvalue weighted by molar-refractivity contribution is -0.120. The topological polar surface area (TPSA) is 108 Å². The Morgan fingerprint density at radius 2 is 1.59 bits per heavy atom. The summed E-state index contributed by atoms with van der Waals surface area (Å²) in [5, 5.41) is 19.2. The van der Waals surface area contributed by atoms with Gasteiger partial charge in [-0.2, -0.15) is 0 Å². The molecule has 3 rings (SSSR count). The Bertz CT molecular complexity index is 945. The SMILES string of the molecule is CC(=O)Nc1ccc(C(=O)NC[C@]2(c3ccccc3)CC[C@H](NC(C)=O)[C@@H](O)CC2)cc1. The van der Waals surface area contributed by atoms with E-state index in [-0.39, 0.29) is 29.2 Å². The molecule has 3 atom stereocenters. The Kier molecular flexibility index (Phi) is 7.64. The number of nitrogens with one attached hydrogen (secondary N) is 3. The molecule has 2 aromatic rings. The lowest BCUT2D eigenvalue weighted by Gasteiger charge is -2.34. The van der Waals surface area contributed by atoms with Crippen molar-refractivity contribution in [2.75, 3.05) is 11.9 Å². The standard InChI is InChI=1S/C25H31N3O4/c1-17(29)27-21-10-8-19(9-11-21)24(32)26-16-25(20-6-4-3-5-7-20)14-12-22(28-18(2)30)23(31)13-15-25/h3-11,22-23,31H,12-16H2,1-2H3,(H,26,32)(H,27,29)(H,28,30)/t22-,23-,25-/m0/s1. The van der Waals surface area contributed by atoms with Crippen LogP contribution in [-0.4, -0.2) is 41.5 Å². The Hall–Kier alpha value is -3.19. The molecule has 0 aromatic heterocycles. The van der Waals surface area contributed by atoms with Gasteiger partial charge in [0.15, 0.2) is 0 Å². The molecule has 32 heavy (non-hydrogen) atoms. The number of rotatable bonds is 6. The van der Waals surface area contributed by atoms with Crippen LogP contribution in [-0.2, 0) is 15.0 Å². The second kappa shape index (κ2) is 10.4. The van der Waals surface area contributed by atoms with E-state index in [0.717, 1.165) is 12.0 Å². The number of benzene rings is 2. The molecule has 1 aliphatic carbocycles. The van der Waals surface area contributed by atoms with Gasteiger partial charge in [0, 0.05) is 37.1 Å². The molecular weight excluding hydrogens is 406 g/mol. The fourth-order valence-electron chi connectivity index (χ4n) is 4.42.